The van der Waals surface area contributed by atoms with Crippen molar-refractivity contribution in [1.82, 2.24) is 19.9 Å². The maximum atomic E-state index is 13.4. The number of rotatable bonds is 3. The summed E-state index contributed by atoms with van der Waals surface area (Å²) in [6.07, 6.45) is 1.77. The van der Waals surface area contributed by atoms with Gasteiger partial charge in [0.15, 0.2) is 0 Å². The molecule has 1 atom stereocenters. The number of aliphatic imine (C=N–C) groups is 1. The number of H-pyrrole nitrogens is 2. The minimum absolute atomic E-state index is 0. The second kappa shape index (κ2) is 6.98. The van der Waals surface area contributed by atoms with Gasteiger partial charge in [0.25, 0.3) is 11.5 Å². The van der Waals surface area contributed by atoms with E-state index in [9.17, 15) is 14.0 Å². The average molecular weight is 339 g/mol. The Morgan fingerprint density at radius 2 is 2.21 bits per heavy atom. The van der Waals surface area contributed by atoms with Crippen LogP contribution in [0.3, 0.4) is 0 Å². The summed E-state index contributed by atoms with van der Waals surface area (Å²) < 4.78 is 13.4. The van der Waals surface area contributed by atoms with E-state index in [2.05, 4.69) is 24.9 Å². The van der Waals surface area contributed by atoms with Crippen LogP contribution >= 0.6 is 0 Å². The van der Waals surface area contributed by atoms with Crippen LogP contribution in [-0.4, -0.2) is 45.5 Å². The predicted octanol–water partition coefficient (Wildman–Crippen LogP) is -0.161. The van der Waals surface area contributed by atoms with E-state index in [0.717, 1.165) is 6.34 Å². The number of hydrogen-bond acceptors (Lipinski definition) is 6. The molecule has 0 bridgehead atoms. The smallest absolute Gasteiger partial charge is 0.325 e. The lowest BCUT2D eigenvalue weighted by Gasteiger charge is -2.17. The molecule has 1 aliphatic heterocycles. The molecule has 2 aromatic heterocycles. The maximum Gasteiger partial charge on any atom is 0.325 e. The number of nitrogens with zero attached hydrogens (tertiary/aromatic N) is 4. The minimum atomic E-state index is -0.925. The van der Waals surface area contributed by atoms with E-state index in [1.807, 2.05) is 0 Å². The molecule has 3 rings (SSSR count). The SMILES string of the molecule is F.N/C=N\c1nc(-c2c[nH]c(=O)[nH]c2=O)cc(N2CC[C@@H](F)C2)n1. The van der Waals surface area contributed by atoms with Crippen molar-refractivity contribution in [2.24, 2.45) is 10.7 Å². The Kier molecular flexibility index (Phi) is 5.02. The first-order valence-corrected chi connectivity index (χ1v) is 6.91. The lowest BCUT2D eigenvalue weighted by molar-refractivity contribution is 0.364. The molecule has 128 valence electrons. The molecule has 0 spiro atoms. The second-order valence-corrected chi connectivity index (χ2v) is 5.01. The fraction of sp³-hybridized carbons (Fsp3) is 0.308. The largest absolute Gasteiger partial charge is 0.390 e. The van der Waals surface area contributed by atoms with Gasteiger partial charge in [-0.2, -0.15) is 4.98 Å². The zero-order valence-electron chi connectivity index (χ0n) is 12.4. The molecule has 1 fully saturated rings. The van der Waals surface area contributed by atoms with E-state index in [-0.39, 0.29) is 28.5 Å². The van der Waals surface area contributed by atoms with Gasteiger partial charge >= 0.3 is 5.69 Å². The number of aromatic amines is 2. The van der Waals surface area contributed by atoms with Crippen molar-refractivity contribution in [1.29, 1.82) is 0 Å². The van der Waals surface area contributed by atoms with Crippen LogP contribution in [0.5, 0.6) is 0 Å². The number of hydrogen-bond donors (Lipinski definition) is 3. The monoisotopic (exact) mass is 339 g/mol. The van der Waals surface area contributed by atoms with E-state index in [1.165, 1.54) is 6.20 Å². The van der Waals surface area contributed by atoms with Gasteiger partial charge in [0.1, 0.15) is 12.0 Å². The summed E-state index contributed by atoms with van der Waals surface area (Å²) in [4.78, 5) is 41.4. The molecule has 1 saturated heterocycles. The lowest BCUT2D eigenvalue weighted by Crippen LogP contribution is -2.24. The number of alkyl halides is 1. The van der Waals surface area contributed by atoms with E-state index in [1.54, 1.807) is 11.0 Å². The summed E-state index contributed by atoms with van der Waals surface area (Å²) in [6.45, 7) is 0.718. The molecular formula is C13H15F2N7O2. The number of nitrogens with two attached hydrogens (primary N) is 1. The van der Waals surface area contributed by atoms with Gasteiger partial charge in [-0.1, -0.05) is 0 Å². The van der Waals surface area contributed by atoms with Crippen molar-refractivity contribution in [2.75, 3.05) is 18.0 Å². The first-order chi connectivity index (χ1) is 11.1. The van der Waals surface area contributed by atoms with Crippen LogP contribution < -0.4 is 21.9 Å². The second-order valence-electron chi connectivity index (χ2n) is 5.01. The Hall–Kier alpha value is -3.11. The van der Waals surface area contributed by atoms with E-state index < -0.39 is 17.4 Å². The fourth-order valence-electron chi connectivity index (χ4n) is 2.37. The highest BCUT2D eigenvalue weighted by atomic mass is 19.1. The Labute approximate surface area is 133 Å². The van der Waals surface area contributed by atoms with Crippen molar-refractivity contribution in [2.45, 2.75) is 12.6 Å². The highest BCUT2D eigenvalue weighted by Crippen LogP contribution is 2.25. The van der Waals surface area contributed by atoms with Crippen molar-refractivity contribution in [3.63, 3.8) is 0 Å². The Morgan fingerprint density at radius 3 is 2.83 bits per heavy atom. The van der Waals surface area contributed by atoms with Crippen molar-refractivity contribution in [3.05, 3.63) is 33.1 Å². The van der Waals surface area contributed by atoms with Crippen LogP contribution in [0.4, 0.5) is 20.9 Å². The highest BCUT2D eigenvalue weighted by Gasteiger charge is 2.24. The van der Waals surface area contributed by atoms with Crippen molar-refractivity contribution >= 4 is 18.1 Å². The summed E-state index contributed by atoms with van der Waals surface area (Å²) in [5, 5.41) is 0. The van der Waals surface area contributed by atoms with Gasteiger partial charge in [-0.25, -0.2) is 19.2 Å². The number of nitrogens with one attached hydrogen (secondary N) is 2. The van der Waals surface area contributed by atoms with E-state index in [0.29, 0.717) is 18.8 Å². The molecule has 0 aromatic carbocycles. The molecule has 1 aliphatic rings. The van der Waals surface area contributed by atoms with E-state index >= 15 is 0 Å². The van der Waals surface area contributed by atoms with Crippen LogP contribution in [0.15, 0.2) is 26.8 Å². The molecule has 0 aliphatic carbocycles. The molecule has 0 amide bonds. The quantitative estimate of drug-likeness (QED) is 0.526. The van der Waals surface area contributed by atoms with Gasteiger partial charge < -0.3 is 15.6 Å². The van der Waals surface area contributed by atoms with Crippen LogP contribution in [0, 0.1) is 0 Å². The first-order valence-electron chi connectivity index (χ1n) is 6.91. The van der Waals surface area contributed by atoms with Crippen LogP contribution in [-0.2, 0) is 0 Å². The fourth-order valence-corrected chi connectivity index (χ4v) is 2.37. The Balaban J connectivity index is 0.00000208. The van der Waals surface area contributed by atoms with Crippen LogP contribution in [0.2, 0.25) is 0 Å². The zero-order valence-corrected chi connectivity index (χ0v) is 12.4. The van der Waals surface area contributed by atoms with Gasteiger partial charge in [0.05, 0.1) is 24.1 Å². The predicted molar refractivity (Wildman–Crippen MR) is 85.3 cm³/mol. The minimum Gasteiger partial charge on any atom is -0.390 e. The highest BCUT2D eigenvalue weighted by molar-refractivity contribution is 5.64. The summed E-state index contributed by atoms with van der Waals surface area (Å²) in [5.74, 6) is 0.495. The molecule has 3 heterocycles. The van der Waals surface area contributed by atoms with Crippen molar-refractivity contribution in [3.8, 4) is 11.3 Å². The normalized spacial score (nSPS) is 17.2. The maximum absolute atomic E-state index is 13.4. The van der Waals surface area contributed by atoms with Gasteiger partial charge in [0, 0.05) is 18.8 Å². The van der Waals surface area contributed by atoms with Crippen LogP contribution in [0.1, 0.15) is 6.42 Å². The molecular weight excluding hydrogens is 324 g/mol. The van der Waals surface area contributed by atoms with Gasteiger partial charge in [0.2, 0.25) is 0 Å². The standard InChI is InChI=1S/C13H14FN7O2.FH/c14-7-1-2-21(5-7)10-3-9(18-12(19-10)17-6-15)8-4-16-13(23)20-11(8)22;/h3-4,6-7H,1-2,5H2,(H2,15,17,18,19)(H2,16,20,22,23);1H/t7-;/m1./s1. The Morgan fingerprint density at radius 1 is 1.42 bits per heavy atom. The summed E-state index contributed by atoms with van der Waals surface area (Å²) in [6, 6.07) is 1.55. The first kappa shape index (κ1) is 17.2. The average Bonchev–Trinajstić information content (AvgIpc) is 2.94. The molecule has 24 heavy (non-hydrogen) atoms. The molecule has 9 nitrogen and oxygen atoms in total. The lowest BCUT2D eigenvalue weighted by atomic mass is 10.2. The summed E-state index contributed by atoms with van der Waals surface area (Å²) in [7, 11) is 0. The summed E-state index contributed by atoms with van der Waals surface area (Å²) in [5.41, 5.74) is 4.46. The third-order valence-corrected chi connectivity index (χ3v) is 3.44. The molecule has 0 unspecified atom stereocenters. The van der Waals surface area contributed by atoms with Gasteiger partial charge in [-0.05, 0) is 6.42 Å². The van der Waals surface area contributed by atoms with Crippen molar-refractivity contribution < 1.29 is 9.09 Å². The number of anilines is 1. The zero-order chi connectivity index (χ0) is 16.4. The molecule has 0 saturated carbocycles. The molecule has 11 heteroatoms. The molecule has 0 radical (unpaired) electrons. The third kappa shape index (κ3) is 3.45. The third-order valence-electron chi connectivity index (χ3n) is 3.44. The molecule has 4 N–H and O–H groups in total. The van der Waals surface area contributed by atoms with Crippen LogP contribution in [0.25, 0.3) is 11.3 Å². The van der Waals surface area contributed by atoms with Gasteiger partial charge in [-0.15, -0.1) is 0 Å². The van der Waals surface area contributed by atoms with Gasteiger partial charge in [-0.3, -0.25) is 14.5 Å². The number of aromatic nitrogens is 4. The molecule has 2 aromatic rings. The van der Waals surface area contributed by atoms with E-state index in [4.69, 9.17) is 5.73 Å². The summed E-state index contributed by atoms with van der Waals surface area (Å²) >= 11 is 0. The topological polar surface area (TPSA) is 133 Å². The number of halogens is 2. The Bertz CT molecular complexity index is 864.